The maximum Gasteiger partial charge on any atom is 0.305 e. The van der Waals surface area contributed by atoms with Gasteiger partial charge in [-0.25, -0.2) is 4.98 Å². The number of benzene rings is 2. The Hall–Kier alpha value is -3.43. The van der Waals surface area contributed by atoms with Gasteiger partial charge in [0.15, 0.2) is 12.4 Å². The van der Waals surface area contributed by atoms with E-state index in [0.29, 0.717) is 16.9 Å². The summed E-state index contributed by atoms with van der Waals surface area (Å²) in [5.41, 5.74) is 7.05. The van der Waals surface area contributed by atoms with Crippen LogP contribution in [0, 0.1) is 13.8 Å². The SMILES string of the molecule is Cc1nc2c(cc(OCC(=O)NNC(=O)c3oc4ccccc4c3C)c3ccsc32)s1. The van der Waals surface area contributed by atoms with Gasteiger partial charge in [0, 0.05) is 22.4 Å². The molecule has 0 saturated heterocycles. The smallest absolute Gasteiger partial charge is 0.305 e. The molecule has 0 radical (unpaired) electrons. The molecule has 2 aromatic carbocycles. The Kier molecular flexibility index (Phi) is 4.84. The number of nitrogens with zero attached hydrogens (tertiary/aromatic N) is 1. The normalized spacial score (nSPS) is 11.3. The number of thiophene rings is 1. The molecule has 3 heterocycles. The largest absolute Gasteiger partial charge is 0.483 e. The minimum Gasteiger partial charge on any atom is -0.483 e. The number of para-hydroxylation sites is 1. The Morgan fingerprint density at radius 1 is 1.13 bits per heavy atom. The summed E-state index contributed by atoms with van der Waals surface area (Å²) in [6, 6.07) is 11.2. The molecule has 0 fully saturated rings. The lowest BCUT2D eigenvalue weighted by molar-refractivity contribution is -0.123. The van der Waals surface area contributed by atoms with E-state index in [4.69, 9.17) is 9.15 Å². The first kappa shape index (κ1) is 19.5. The molecule has 0 aliphatic rings. The van der Waals surface area contributed by atoms with Crippen LogP contribution >= 0.6 is 22.7 Å². The fourth-order valence-electron chi connectivity index (χ4n) is 3.46. The van der Waals surface area contributed by atoms with Gasteiger partial charge in [-0.3, -0.25) is 20.4 Å². The van der Waals surface area contributed by atoms with E-state index in [9.17, 15) is 9.59 Å². The van der Waals surface area contributed by atoms with Gasteiger partial charge in [-0.1, -0.05) is 18.2 Å². The summed E-state index contributed by atoms with van der Waals surface area (Å²) >= 11 is 3.17. The summed E-state index contributed by atoms with van der Waals surface area (Å²) in [5.74, 6) is -0.231. The molecule has 7 nitrogen and oxygen atoms in total. The molecule has 0 bridgehead atoms. The van der Waals surface area contributed by atoms with Crippen molar-refractivity contribution in [1.29, 1.82) is 0 Å². The van der Waals surface area contributed by atoms with Gasteiger partial charge in [0.05, 0.1) is 19.9 Å². The number of carbonyl (C=O) groups excluding carboxylic acids is 2. The first-order chi connectivity index (χ1) is 15.0. The second-order valence-corrected chi connectivity index (χ2v) is 9.11. The van der Waals surface area contributed by atoms with Crippen LogP contribution in [0.1, 0.15) is 21.1 Å². The zero-order chi connectivity index (χ0) is 21.5. The van der Waals surface area contributed by atoms with Crippen molar-refractivity contribution < 1.29 is 18.7 Å². The summed E-state index contributed by atoms with van der Waals surface area (Å²) in [6.07, 6.45) is 0. The quantitative estimate of drug-likeness (QED) is 0.386. The molecule has 0 spiro atoms. The van der Waals surface area contributed by atoms with Crippen LogP contribution in [0.3, 0.4) is 0 Å². The number of amides is 2. The van der Waals surface area contributed by atoms with Crippen LogP contribution in [0.5, 0.6) is 5.75 Å². The van der Waals surface area contributed by atoms with Crippen LogP contribution in [0.15, 0.2) is 46.2 Å². The first-order valence-corrected chi connectivity index (χ1v) is 11.2. The lowest BCUT2D eigenvalue weighted by Gasteiger charge is -2.09. The molecule has 2 N–H and O–H groups in total. The second kappa shape index (κ2) is 7.68. The molecule has 31 heavy (non-hydrogen) atoms. The number of fused-ring (bicyclic) bond motifs is 4. The van der Waals surface area contributed by atoms with Gasteiger partial charge in [0.2, 0.25) is 0 Å². The minimum atomic E-state index is -0.524. The number of carbonyl (C=O) groups is 2. The summed E-state index contributed by atoms with van der Waals surface area (Å²) in [5, 5.41) is 4.72. The molecule has 0 aliphatic carbocycles. The van der Waals surface area contributed by atoms with Gasteiger partial charge in [-0.05, 0) is 31.4 Å². The summed E-state index contributed by atoms with van der Waals surface area (Å²) in [7, 11) is 0. The van der Waals surface area contributed by atoms with Crippen LogP contribution in [0.2, 0.25) is 0 Å². The summed E-state index contributed by atoms with van der Waals surface area (Å²) < 4.78 is 13.4. The van der Waals surface area contributed by atoms with Crippen LogP contribution in [-0.4, -0.2) is 23.4 Å². The second-order valence-electron chi connectivity index (χ2n) is 6.96. The Balaban J connectivity index is 1.26. The van der Waals surface area contributed by atoms with E-state index >= 15 is 0 Å². The number of ether oxygens (including phenoxy) is 1. The summed E-state index contributed by atoms with van der Waals surface area (Å²) in [4.78, 5) is 29.3. The van der Waals surface area contributed by atoms with Crippen molar-refractivity contribution in [3.8, 4) is 5.75 Å². The zero-order valence-corrected chi connectivity index (χ0v) is 18.3. The van der Waals surface area contributed by atoms with Crippen molar-refractivity contribution in [2.24, 2.45) is 0 Å². The van der Waals surface area contributed by atoms with Crippen molar-refractivity contribution >= 4 is 65.8 Å². The van der Waals surface area contributed by atoms with Crippen molar-refractivity contribution in [2.75, 3.05) is 6.61 Å². The highest BCUT2D eigenvalue weighted by Crippen LogP contribution is 2.38. The molecule has 0 unspecified atom stereocenters. The lowest BCUT2D eigenvalue weighted by atomic mass is 10.1. The molecular weight excluding hydrogens is 434 g/mol. The average Bonchev–Trinajstić information content (AvgIpc) is 3.47. The number of hydrazine groups is 1. The van der Waals surface area contributed by atoms with Crippen molar-refractivity contribution in [3.63, 3.8) is 0 Å². The number of aryl methyl sites for hydroxylation is 2. The lowest BCUT2D eigenvalue weighted by Crippen LogP contribution is -2.43. The van der Waals surface area contributed by atoms with E-state index in [2.05, 4.69) is 15.8 Å². The fraction of sp³-hybridized carbons (Fsp3) is 0.136. The highest BCUT2D eigenvalue weighted by molar-refractivity contribution is 7.21. The number of aromatic nitrogens is 1. The van der Waals surface area contributed by atoms with Crippen molar-refractivity contribution in [2.45, 2.75) is 13.8 Å². The number of rotatable bonds is 4. The van der Waals surface area contributed by atoms with Gasteiger partial charge in [-0.15, -0.1) is 22.7 Å². The third-order valence-electron chi connectivity index (χ3n) is 4.89. The maximum atomic E-state index is 12.4. The molecule has 5 rings (SSSR count). The molecule has 156 valence electrons. The minimum absolute atomic E-state index is 0.161. The predicted octanol–water partition coefficient (Wildman–Crippen LogP) is 4.71. The van der Waals surface area contributed by atoms with E-state index in [1.807, 2.05) is 42.6 Å². The highest BCUT2D eigenvalue weighted by atomic mass is 32.1. The standard InChI is InChI=1S/C22H17N3O4S2/c1-11-13-5-3-4-6-15(13)29-20(11)22(27)25-24-18(26)10-28-16-9-17-19(23-12(2)31-17)21-14(16)7-8-30-21/h3-9H,10H2,1-2H3,(H,24,26)(H,25,27). The third-order valence-corrected chi connectivity index (χ3v) is 6.73. The number of hydrogen-bond acceptors (Lipinski definition) is 7. The van der Waals surface area contributed by atoms with Gasteiger partial charge < -0.3 is 9.15 Å². The molecular formula is C22H17N3O4S2. The van der Waals surface area contributed by atoms with Crippen LogP contribution in [0.25, 0.3) is 31.3 Å². The van der Waals surface area contributed by atoms with Crippen molar-refractivity contribution in [1.82, 2.24) is 15.8 Å². The van der Waals surface area contributed by atoms with E-state index in [0.717, 1.165) is 30.7 Å². The number of hydrogen-bond donors (Lipinski definition) is 2. The predicted molar refractivity (Wildman–Crippen MR) is 122 cm³/mol. The molecule has 3 aromatic heterocycles. The molecule has 0 saturated carbocycles. The number of furan rings is 1. The molecule has 0 aliphatic heterocycles. The van der Waals surface area contributed by atoms with Crippen molar-refractivity contribution in [3.05, 3.63) is 58.1 Å². The monoisotopic (exact) mass is 451 g/mol. The van der Waals surface area contributed by atoms with E-state index in [-0.39, 0.29) is 12.4 Å². The Labute approximate surface area is 184 Å². The Morgan fingerprint density at radius 2 is 1.97 bits per heavy atom. The molecule has 5 aromatic rings. The zero-order valence-electron chi connectivity index (χ0n) is 16.6. The Bertz CT molecular complexity index is 1460. The van der Waals surface area contributed by atoms with Crippen LogP contribution in [0.4, 0.5) is 0 Å². The summed E-state index contributed by atoms with van der Waals surface area (Å²) in [6.45, 7) is 3.52. The Morgan fingerprint density at radius 3 is 2.81 bits per heavy atom. The average molecular weight is 452 g/mol. The molecule has 9 heteroatoms. The van der Waals surface area contributed by atoms with Gasteiger partial charge in [-0.2, -0.15) is 0 Å². The topological polar surface area (TPSA) is 93.5 Å². The van der Waals surface area contributed by atoms with E-state index in [1.165, 1.54) is 0 Å². The highest BCUT2D eigenvalue weighted by Gasteiger charge is 2.18. The molecule has 0 atom stereocenters. The van der Waals surface area contributed by atoms with Gasteiger partial charge in [0.1, 0.15) is 11.3 Å². The van der Waals surface area contributed by atoms with Crippen LogP contribution in [-0.2, 0) is 4.79 Å². The van der Waals surface area contributed by atoms with Gasteiger partial charge in [0.25, 0.3) is 5.91 Å². The van der Waals surface area contributed by atoms with Crippen LogP contribution < -0.4 is 15.6 Å². The number of thiazole rings is 1. The number of nitrogens with one attached hydrogen (secondary N) is 2. The van der Waals surface area contributed by atoms with E-state index < -0.39 is 11.8 Å². The third kappa shape index (κ3) is 3.51. The maximum absolute atomic E-state index is 12.4. The van der Waals surface area contributed by atoms with E-state index in [1.54, 1.807) is 35.7 Å². The first-order valence-electron chi connectivity index (χ1n) is 9.48. The van der Waals surface area contributed by atoms with Gasteiger partial charge >= 0.3 is 5.91 Å². The fourth-order valence-corrected chi connectivity index (χ4v) is 5.29. The molecule has 2 amide bonds.